The van der Waals surface area contributed by atoms with Crippen molar-refractivity contribution in [2.24, 2.45) is 11.3 Å². The molecule has 1 fully saturated rings. The van der Waals surface area contributed by atoms with E-state index in [-0.39, 0.29) is 11.2 Å². The lowest BCUT2D eigenvalue weighted by molar-refractivity contribution is 0.218. The summed E-state index contributed by atoms with van der Waals surface area (Å²) in [6, 6.07) is 7.43. The minimum Gasteiger partial charge on any atom is -0.207 e. The Balaban J connectivity index is 2.18. The van der Waals surface area contributed by atoms with E-state index in [2.05, 4.69) is 13.0 Å². The number of aryl methyl sites for hydroxylation is 1. The molecule has 0 saturated heterocycles. The standard InChI is InChI=1S/C16H20FN/c1-12-5-7-16(11-18,8-6-12)10-14-3-4-15(17)9-13(14)2/h3-4,9,12H,5-8,10H2,1-2H3. The SMILES string of the molecule is Cc1cc(F)ccc1CC1(C#N)CCC(C)CC1. The van der Waals surface area contributed by atoms with Gasteiger partial charge in [0.25, 0.3) is 0 Å². The van der Waals surface area contributed by atoms with Crippen LogP contribution < -0.4 is 0 Å². The third-order valence-electron chi connectivity index (χ3n) is 4.30. The molecule has 2 rings (SSSR count). The normalized spacial score (nSPS) is 27.8. The fourth-order valence-corrected chi connectivity index (χ4v) is 2.87. The van der Waals surface area contributed by atoms with Crippen LogP contribution in [-0.2, 0) is 6.42 Å². The number of benzene rings is 1. The van der Waals surface area contributed by atoms with E-state index < -0.39 is 0 Å². The highest BCUT2D eigenvalue weighted by molar-refractivity contribution is 5.29. The highest BCUT2D eigenvalue weighted by Crippen LogP contribution is 2.41. The number of halogens is 1. The van der Waals surface area contributed by atoms with Gasteiger partial charge in [-0.1, -0.05) is 13.0 Å². The summed E-state index contributed by atoms with van der Waals surface area (Å²) in [5.41, 5.74) is 1.85. The van der Waals surface area contributed by atoms with E-state index in [4.69, 9.17) is 0 Å². The molecule has 1 saturated carbocycles. The van der Waals surface area contributed by atoms with Crippen molar-refractivity contribution in [2.45, 2.75) is 46.0 Å². The zero-order valence-corrected chi connectivity index (χ0v) is 11.2. The van der Waals surface area contributed by atoms with E-state index in [0.29, 0.717) is 0 Å². The Hall–Kier alpha value is -1.36. The Labute approximate surface area is 109 Å². The van der Waals surface area contributed by atoms with Gasteiger partial charge in [0.1, 0.15) is 5.82 Å². The van der Waals surface area contributed by atoms with E-state index in [1.807, 2.05) is 13.0 Å². The van der Waals surface area contributed by atoms with Gasteiger partial charge in [0, 0.05) is 0 Å². The van der Waals surface area contributed by atoms with Gasteiger partial charge in [-0.25, -0.2) is 4.39 Å². The zero-order chi connectivity index (χ0) is 13.2. The predicted octanol–water partition coefficient (Wildman–Crippen LogP) is 4.40. The van der Waals surface area contributed by atoms with Gasteiger partial charge < -0.3 is 0 Å². The summed E-state index contributed by atoms with van der Waals surface area (Å²) >= 11 is 0. The first-order valence-electron chi connectivity index (χ1n) is 6.71. The lowest BCUT2D eigenvalue weighted by atomic mass is 9.68. The molecule has 0 aliphatic heterocycles. The second-order valence-electron chi connectivity index (χ2n) is 5.82. The molecule has 0 bridgehead atoms. The van der Waals surface area contributed by atoms with Gasteiger partial charge in [0.2, 0.25) is 0 Å². The molecule has 18 heavy (non-hydrogen) atoms. The van der Waals surface area contributed by atoms with E-state index in [0.717, 1.165) is 49.1 Å². The lowest BCUT2D eigenvalue weighted by Crippen LogP contribution is -2.27. The topological polar surface area (TPSA) is 23.8 Å². The van der Waals surface area contributed by atoms with E-state index in [9.17, 15) is 9.65 Å². The number of nitrogens with zero attached hydrogens (tertiary/aromatic N) is 1. The van der Waals surface area contributed by atoms with E-state index in [1.165, 1.54) is 6.07 Å². The molecule has 1 nitrogen and oxygen atoms in total. The first-order chi connectivity index (χ1) is 8.54. The van der Waals surface area contributed by atoms with Gasteiger partial charge in [0.05, 0.1) is 11.5 Å². The summed E-state index contributed by atoms with van der Waals surface area (Å²) in [6.45, 7) is 4.18. The first kappa shape index (κ1) is 13.1. The van der Waals surface area contributed by atoms with Crippen LogP contribution in [0.5, 0.6) is 0 Å². The van der Waals surface area contributed by atoms with Crippen LogP contribution in [0.15, 0.2) is 18.2 Å². The Bertz CT molecular complexity index is 464. The molecular formula is C16H20FN. The molecule has 96 valence electrons. The minimum atomic E-state index is -0.227. The molecular weight excluding hydrogens is 225 g/mol. The van der Waals surface area contributed by atoms with Crippen molar-refractivity contribution in [3.05, 3.63) is 35.1 Å². The van der Waals surface area contributed by atoms with Gasteiger partial charge in [-0.15, -0.1) is 0 Å². The summed E-state index contributed by atoms with van der Waals surface area (Å²) in [7, 11) is 0. The molecule has 1 aliphatic rings. The summed E-state index contributed by atoms with van der Waals surface area (Å²) in [5.74, 6) is 0.542. The summed E-state index contributed by atoms with van der Waals surface area (Å²) in [4.78, 5) is 0. The molecule has 0 atom stereocenters. The lowest BCUT2D eigenvalue weighted by Gasteiger charge is -2.34. The second-order valence-corrected chi connectivity index (χ2v) is 5.82. The van der Waals surface area contributed by atoms with E-state index in [1.54, 1.807) is 6.07 Å². The van der Waals surface area contributed by atoms with Crippen LogP contribution in [0.1, 0.15) is 43.7 Å². The van der Waals surface area contributed by atoms with Gasteiger partial charge in [-0.05, 0) is 68.2 Å². The third kappa shape index (κ3) is 2.72. The van der Waals surface area contributed by atoms with Crippen molar-refractivity contribution in [1.29, 1.82) is 5.26 Å². The highest BCUT2D eigenvalue weighted by atomic mass is 19.1. The van der Waals surface area contributed by atoms with Crippen LogP contribution in [0.4, 0.5) is 4.39 Å². The third-order valence-corrected chi connectivity index (χ3v) is 4.30. The summed E-state index contributed by atoms with van der Waals surface area (Å²) < 4.78 is 13.1. The van der Waals surface area contributed by atoms with Gasteiger partial charge in [-0.3, -0.25) is 0 Å². The Kier molecular flexibility index (Phi) is 3.71. The van der Waals surface area contributed by atoms with Crippen LogP contribution in [0.25, 0.3) is 0 Å². The van der Waals surface area contributed by atoms with Crippen LogP contribution in [0.2, 0.25) is 0 Å². The minimum absolute atomic E-state index is 0.195. The monoisotopic (exact) mass is 245 g/mol. The number of hydrogen-bond donors (Lipinski definition) is 0. The molecule has 0 amide bonds. The van der Waals surface area contributed by atoms with Gasteiger partial charge >= 0.3 is 0 Å². The molecule has 1 aromatic rings. The second kappa shape index (κ2) is 5.10. The number of nitriles is 1. The molecule has 1 aliphatic carbocycles. The molecule has 0 spiro atoms. The molecule has 0 aromatic heterocycles. The first-order valence-corrected chi connectivity index (χ1v) is 6.71. The smallest absolute Gasteiger partial charge is 0.123 e. The Morgan fingerprint density at radius 1 is 1.39 bits per heavy atom. The predicted molar refractivity (Wildman–Crippen MR) is 70.5 cm³/mol. The largest absolute Gasteiger partial charge is 0.207 e. The molecule has 0 radical (unpaired) electrons. The van der Waals surface area contributed by atoms with Crippen molar-refractivity contribution in [3.8, 4) is 6.07 Å². The summed E-state index contributed by atoms with van der Waals surface area (Å²) in [5, 5.41) is 9.51. The zero-order valence-electron chi connectivity index (χ0n) is 11.2. The number of rotatable bonds is 2. The van der Waals surface area contributed by atoms with Crippen molar-refractivity contribution in [1.82, 2.24) is 0 Å². The quantitative estimate of drug-likeness (QED) is 0.757. The van der Waals surface area contributed by atoms with Crippen molar-refractivity contribution in [2.75, 3.05) is 0 Å². The van der Waals surface area contributed by atoms with Crippen molar-refractivity contribution in [3.63, 3.8) is 0 Å². The average Bonchev–Trinajstić information content (AvgIpc) is 2.36. The Morgan fingerprint density at radius 3 is 2.61 bits per heavy atom. The molecule has 0 unspecified atom stereocenters. The fourth-order valence-electron chi connectivity index (χ4n) is 2.87. The van der Waals surface area contributed by atoms with E-state index >= 15 is 0 Å². The molecule has 2 heteroatoms. The van der Waals surface area contributed by atoms with Crippen LogP contribution in [0.3, 0.4) is 0 Å². The molecule has 0 heterocycles. The average molecular weight is 245 g/mol. The maximum Gasteiger partial charge on any atom is 0.123 e. The molecule has 0 N–H and O–H groups in total. The van der Waals surface area contributed by atoms with Gasteiger partial charge in [0.15, 0.2) is 0 Å². The van der Waals surface area contributed by atoms with Crippen LogP contribution in [0, 0.1) is 35.4 Å². The fraction of sp³-hybridized carbons (Fsp3) is 0.562. The maximum absolute atomic E-state index is 13.1. The number of hydrogen-bond acceptors (Lipinski definition) is 1. The van der Waals surface area contributed by atoms with Crippen molar-refractivity contribution < 1.29 is 4.39 Å². The van der Waals surface area contributed by atoms with Crippen LogP contribution in [-0.4, -0.2) is 0 Å². The summed E-state index contributed by atoms with van der Waals surface area (Å²) in [6.07, 6.45) is 4.98. The van der Waals surface area contributed by atoms with Crippen LogP contribution >= 0.6 is 0 Å². The maximum atomic E-state index is 13.1. The van der Waals surface area contributed by atoms with Crippen molar-refractivity contribution >= 4 is 0 Å². The van der Waals surface area contributed by atoms with Gasteiger partial charge in [-0.2, -0.15) is 5.26 Å². The highest BCUT2D eigenvalue weighted by Gasteiger charge is 2.34. The Morgan fingerprint density at radius 2 is 2.06 bits per heavy atom. The molecule has 1 aromatic carbocycles.